The molecule has 0 saturated heterocycles. The Bertz CT molecular complexity index is 12.8. The Labute approximate surface area is 57.3 Å². The van der Waals surface area contributed by atoms with Crippen LogP contribution in [0.1, 0.15) is 13.3 Å². The smallest absolute Gasteiger partial charge is 0.0428 e. The van der Waals surface area contributed by atoms with Crippen molar-refractivity contribution in [2.75, 3.05) is 6.61 Å². The van der Waals surface area contributed by atoms with Gasteiger partial charge in [0, 0.05) is 26.1 Å². The van der Waals surface area contributed by atoms with E-state index in [1.807, 2.05) is 6.92 Å². The quantitative estimate of drug-likeness (QED) is 0.565. The van der Waals surface area contributed by atoms with Crippen LogP contribution in [0, 0.1) is 0 Å². The first-order valence-corrected chi connectivity index (χ1v) is 1.52. The van der Waals surface area contributed by atoms with Crippen LogP contribution in [0.25, 0.3) is 0 Å². The Balaban J connectivity index is -0.0000000450. The number of aliphatic hydroxyl groups excluding tert-OH is 1. The first-order chi connectivity index (χ1) is 1.91. The van der Waals surface area contributed by atoms with Crippen LogP contribution in [0.5, 0.6) is 0 Å². The molecule has 0 unspecified atom stereocenters. The Morgan fingerprint density at radius 3 is 1.67 bits per heavy atom. The summed E-state index contributed by atoms with van der Waals surface area (Å²) in [7, 11) is 0. The summed E-state index contributed by atoms with van der Waals surface area (Å²) < 4.78 is 0. The average Bonchev–Trinajstić information content (AvgIpc) is 1.37. The standard InChI is InChI=1S/C3H8O.ClH.Zn/c1-2-3-4;;/h4H,2-3H2,1H3;1H;. The van der Waals surface area contributed by atoms with Crippen molar-refractivity contribution in [3.63, 3.8) is 0 Å². The summed E-state index contributed by atoms with van der Waals surface area (Å²) in [6.07, 6.45) is 0.875. The molecule has 1 nitrogen and oxygen atoms in total. The Morgan fingerprint density at radius 1 is 1.50 bits per heavy atom. The molecule has 0 aliphatic carbocycles. The Morgan fingerprint density at radius 2 is 1.67 bits per heavy atom. The molecule has 36 valence electrons. The van der Waals surface area contributed by atoms with Crippen LogP contribution in [-0.2, 0) is 19.5 Å². The average molecular weight is 162 g/mol. The zero-order valence-electron chi connectivity index (χ0n) is 3.98. The monoisotopic (exact) mass is 160 g/mol. The van der Waals surface area contributed by atoms with Gasteiger partial charge in [-0.1, -0.05) is 6.92 Å². The molecule has 0 aromatic heterocycles. The molecule has 0 amide bonds. The van der Waals surface area contributed by atoms with Gasteiger partial charge in [0.15, 0.2) is 0 Å². The predicted octanol–water partition coefficient (Wildman–Crippen LogP) is 0.808. The van der Waals surface area contributed by atoms with Crippen LogP contribution in [0.2, 0.25) is 0 Å². The summed E-state index contributed by atoms with van der Waals surface area (Å²) in [6.45, 7) is 2.25. The second-order valence-corrected chi connectivity index (χ2v) is 0.724. The third-order valence-corrected chi connectivity index (χ3v) is 0.224. The number of hydrogen-bond acceptors (Lipinski definition) is 1. The van der Waals surface area contributed by atoms with Gasteiger partial charge in [-0.15, -0.1) is 12.4 Å². The fourth-order valence-corrected chi connectivity index (χ4v) is 0. The third-order valence-electron chi connectivity index (χ3n) is 0.224. The molecule has 0 radical (unpaired) electrons. The predicted molar refractivity (Wildman–Crippen MR) is 24.6 cm³/mol. The van der Waals surface area contributed by atoms with Crippen LogP contribution in [0.3, 0.4) is 0 Å². The first kappa shape index (κ1) is 15.8. The van der Waals surface area contributed by atoms with E-state index >= 15 is 0 Å². The second kappa shape index (κ2) is 16.9. The molecule has 1 N–H and O–H groups in total. The topological polar surface area (TPSA) is 20.2 Å². The van der Waals surface area contributed by atoms with Crippen molar-refractivity contribution in [1.29, 1.82) is 0 Å². The van der Waals surface area contributed by atoms with E-state index in [0.717, 1.165) is 6.42 Å². The van der Waals surface area contributed by atoms with Crippen LogP contribution in [0.15, 0.2) is 0 Å². The van der Waals surface area contributed by atoms with E-state index in [0.29, 0.717) is 6.61 Å². The Hall–Kier alpha value is 0.873. The van der Waals surface area contributed by atoms with Gasteiger partial charge in [-0.05, 0) is 6.42 Å². The Kier molecular flexibility index (Phi) is 44.5. The minimum Gasteiger partial charge on any atom is -0.396 e. The summed E-state index contributed by atoms with van der Waals surface area (Å²) in [5.41, 5.74) is 0. The van der Waals surface area contributed by atoms with E-state index in [1.165, 1.54) is 0 Å². The van der Waals surface area contributed by atoms with Crippen LogP contribution in [0.4, 0.5) is 0 Å². The zero-order chi connectivity index (χ0) is 3.41. The minimum absolute atomic E-state index is 0. The molecule has 0 aliphatic heterocycles. The third kappa shape index (κ3) is 20.8. The first-order valence-electron chi connectivity index (χ1n) is 1.52. The zero-order valence-corrected chi connectivity index (χ0v) is 7.76. The van der Waals surface area contributed by atoms with Gasteiger partial charge in [0.25, 0.3) is 0 Å². The number of halogens is 1. The molecule has 0 rings (SSSR count). The van der Waals surface area contributed by atoms with Crippen molar-refractivity contribution in [2.45, 2.75) is 13.3 Å². The van der Waals surface area contributed by atoms with Gasteiger partial charge in [0.05, 0.1) is 0 Å². The molecule has 0 aliphatic rings. The van der Waals surface area contributed by atoms with Gasteiger partial charge >= 0.3 is 0 Å². The van der Waals surface area contributed by atoms with Crippen molar-refractivity contribution in [3.8, 4) is 0 Å². The van der Waals surface area contributed by atoms with E-state index in [-0.39, 0.29) is 31.9 Å². The van der Waals surface area contributed by atoms with Crippen molar-refractivity contribution in [3.05, 3.63) is 0 Å². The van der Waals surface area contributed by atoms with Gasteiger partial charge in [-0.3, -0.25) is 0 Å². The molecular formula is C3H9ClOZn. The van der Waals surface area contributed by atoms with E-state index in [2.05, 4.69) is 0 Å². The molecular weight excluding hydrogens is 153 g/mol. The van der Waals surface area contributed by atoms with E-state index in [4.69, 9.17) is 5.11 Å². The summed E-state index contributed by atoms with van der Waals surface area (Å²) in [4.78, 5) is 0. The number of rotatable bonds is 1. The van der Waals surface area contributed by atoms with Gasteiger partial charge in [0.2, 0.25) is 0 Å². The number of aliphatic hydroxyl groups is 1. The van der Waals surface area contributed by atoms with E-state index < -0.39 is 0 Å². The summed E-state index contributed by atoms with van der Waals surface area (Å²) in [6, 6.07) is 0. The maximum Gasteiger partial charge on any atom is 0.0428 e. The van der Waals surface area contributed by atoms with Gasteiger partial charge in [-0.2, -0.15) is 0 Å². The SMILES string of the molecule is CCCO.Cl.[Zn]. The normalized spacial score (nSPS) is 5.00. The molecule has 0 heterocycles. The summed E-state index contributed by atoms with van der Waals surface area (Å²) in [5.74, 6) is 0. The fourth-order valence-electron chi connectivity index (χ4n) is 0. The summed E-state index contributed by atoms with van der Waals surface area (Å²) in [5, 5.41) is 7.88. The van der Waals surface area contributed by atoms with Crippen molar-refractivity contribution < 1.29 is 24.6 Å². The second-order valence-electron chi connectivity index (χ2n) is 0.724. The van der Waals surface area contributed by atoms with Gasteiger partial charge in [0.1, 0.15) is 0 Å². The molecule has 3 heteroatoms. The molecule has 0 aromatic carbocycles. The van der Waals surface area contributed by atoms with Gasteiger partial charge < -0.3 is 5.11 Å². The molecule has 0 fully saturated rings. The van der Waals surface area contributed by atoms with Crippen molar-refractivity contribution >= 4 is 12.4 Å². The van der Waals surface area contributed by atoms with Crippen molar-refractivity contribution in [1.82, 2.24) is 0 Å². The summed E-state index contributed by atoms with van der Waals surface area (Å²) >= 11 is 0. The van der Waals surface area contributed by atoms with Crippen LogP contribution in [-0.4, -0.2) is 11.7 Å². The maximum atomic E-state index is 7.88. The number of hydrogen-bond donors (Lipinski definition) is 1. The van der Waals surface area contributed by atoms with Gasteiger partial charge in [-0.25, -0.2) is 0 Å². The molecule has 0 aromatic rings. The van der Waals surface area contributed by atoms with E-state index in [9.17, 15) is 0 Å². The van der Waals surface area contributed by atoms with Crippen LogP contribution < -0.4 is 0 Å². The minimum atomic E-state index is 0. The molecule has 0 spiro atoms. The van der Waals surface area contributed by atoms with E-state index in [1.54, 1.807) is 0 Å². The molecule has 6 heavy (non-hydrogen) atoms. The fraction of sp³-hybridized carbons (Fsp3) is 1.00. The molecule has 0 saturated carbocycles. The largest absolute Gasteiger partial charge is 0.396 e. The van der Waals surface area contributed by atoms with Crippen molar-refractivity contribution in [2.24, 2.45) is 0 Å². The molecule has 0 bridgehead atoms. The van der Waals surface area contributed by atoms with Crippen LogP contribution >= 0.6 is 12.4 Å². The molecule has 0 atom stereocenters. The maximum absolute atomic E-state index is 7.88.